The fourth-order valence-electron chi connectivity index (χ4n) is 2.61. The van der Waals surface area contributed by atoms with Crippen LogP contribution < -0.4 is 11.5 Å². The summed E-state index contributed by atoms with van der Waals surface area (Å²) >= 11 is 0. The summed E-state index contributed by atoms with van der Waals surface area (Å²) in [5.41, 5.74) is 15.7. The van der Waals surface area contributed by atoms with Crippen LogP contribution in [0.25, 0.3) is 22.6 Å². The van der Waals surface area contributed by atoms with Gasteiger partial charge in [-0.2, -0.15) is 4.98 Å². The van der Waals surface area contributed by atoms with Crippen LogP contribution in [0.3, 0.4) is 0 Å². The molecule has 0 atom stereocenters. The Kier molecular flexibility index (Phi) is 3.27. The number of rotatable bonds is 3. The number of aromatic nitrogens is 5. The lowest BCUT2D eigenvalue weighted by molar-refractivity contribution is 0.459. The molecule has 9 nitrogen and oxygen atoms in total. The maximum absolute atomic E-state index is 9.48. The van der Waals surface area contributed by atoms with Gasteiger partial charge in [0, 0.05) is 11.8 Å². The van der Waals surface area contributed by atoms with Crippen molar-refractivity contribution in [1.29, 1.82) is 0 Å². The molecular formula is C16H15N7O2. The number of hydrogen-bond acceptors (Lipinski definition) is 8. The summed E-state index contributed by atoms with van der Waals surface area (Å²) in [6.07, 6.45) is 1.21. The van der Waals surface area contributed by atoms with E-state index in [9.17, 15) is 5.11 Å². The summed E-state index contributed by atoms with van der Waals surface area (Å²) in [6, 6.07) is 7.19. The predicted octanol–water partition coefficient (Wildman–Crippen LogP) is 1.71. The van der Waals surface area contributed by atoms with Gasteiger partial charge >= 0.3 is 0 Å². The first-order valence-electron chi connectivity index (χ1n) is 7.51. The molecule has 1 aromatic carbocycles. The highest BCUT2D eigenvalue weighted by Gasteiger charge is 2.18. The van der Waals surface area contributed by atoms with E-state index in [-0.39, 0.29) is 11.7 Å². The number of aryl methyl sites for hydroxylation is 1. The Morgan fingerprint density at radius 1 is 1.20 bits per heavy atom. The zero-order chi connectivity index (χ0) is 17.6. The van der Waals surface area contributed by atoms with Crippen LogP contribution in [0.15, 0.2) is 34.9 Å². The van der Waals surface area contributed by atoms with Crippen molar-refractivity contribution >= 4 is 22.8 Å². The molecule has 0 unspecified atom stereocenters. The molecule has 0 aliphatic heterocycles. The van der Waals surface area contributed by atoms with E-state index in [1.165, 1.54) is 12.3 Å². The van der Waals surface area contributed by atoms with Gasteiger partial charge < -0.3 is 21.0 Å². The van der Waals surface area contributed by atoms with Crippen molar-refractivity contribution in [3.8, 4) is 17.2 Å². The van der Waals surface area contributed by atoms with Gasteiger partial charge in [-0.1, -0.05) is 17.3 Å². The van der Waals surface area contributed by atoms with Crippen LogP contribution in [0.1, 0.15) is 11.1 Å². The van der Waals surface area contributed by atoms with Gasteiger partial charge in [-0.15, -0.1) is 5.10 Å². The van der Waals surface area contributed by atoms with Crippen LogP contribution in [0, 0.1) is 6.92 Å². The summed E-state index contributed by atoms with van der Waals surface area (Å²) in [5.74, 6) is 0.396. The van der Waals surface area contributed by atoms with E-state index in [1.54, 1.807) is 4.68 Å². The Hall–Kier alpha value is -3.62. The third-order valence-corrected chi connectivity index (χ3v) is 3.87. The standard InChI is InChI=1S/C16H15N7O2/c1-8-4-9(2-3-11(8)17)6-23-15-14(21-22-23)13(19-16(18)20-15)12-5-10(24)7-25-12/h2-5,7,24H,6,17H2,1H3,(H2,18,19,20). The largest absolute Gasteiger partial charge is 0.505 e. The molecule has 0 fully saturated rings. The fraction of sp³-hybridized carbons (Fsp3) is 0.125. The molecule has 9 heteroatoms. The molecule has 0 radical (unpaired) electrons. The maximum atomic E-state index is 9.48. The number of nitrogen functional groups attached to an aromatic ring is 2. The third-order valence-electron chi connectivity index (χ3n) is 3.87. The van der Waals surface area contributed by atoms with Crippen molar-refractivity contribution in [3.05, 3.63) is 41.7 Å². The van der Waals surface area contributed by atoms with Crippen LogP contribution in [0.4, 0.5) is 11.6 Å². The summed E-state index contributed by atoms with van der Waals surface area (Å²) < 4.78 is 6.91. The van der Waals surface area contributed by atoms with Crippen LogP contribution in [0.2, 0.25) is 0 Å². The highest BCUT2D eigenvalue weighted by Crippen LogP contribution is 2.29. The maximum Gasteiger partial charge on any atom is 0.222 e. The molecule has 0 aliphatic carbocycles. The van der Waals surface area contributed by atoms with E-state index < -0.39 is 0 Å². The lowest BCUT2D eigenvalue weighted by atomic mass is 10.1. The minimum Gasteiger partial charge on any atom is -0.505 e. The van der Waals surface area contributed by atoms with Gasteiger partial charge in [-0.25, -0.2) is 9.67 Å². The minimum atomic E-state index is -0.00919. The molecule has 0 amide bonds. The minimum absolute atomic E-state index is 0.00919. The van der Waals surface area contributed by atoms with Gasteiger partial charge in [0.25, 0.3) is 0 Å². The Balaban J connectivity index is 1.81. The van der Waals surface area contributed by atoms with Crippen LogP contribution in [-0.4, -0.2) is 30.1 Å². The second-order valence-electron chi connectivity index (χ2n) is 5.71. The van der Waals surface area contributed by atoms with Crippen molar-refractivity contribution in [2.24, 2.45) is 0 Å². The molecule has 0 aliphatic rings. The molecule has 0 saturated heterocycles. The number of fused-ring (bicyclic) bond motifs is 1. The number of nitrogens with two attached hydrogens (primary N) is 2. The summed E-state index contributed by atoms with van der Waals surface area (Å²) in [5, 5.41) is 17.8. The van der Waals surface area contributed by atoms with Crippen LogP contribution in [-0.2, 0) is 6.54 Å². The number of furan rings is 1. The average molecular weight is 337 g/mol. The molecule has 0 bridgehead atoms. The number of benzene rings is 1. The quantitative estimate of drug-likeness (QED) is 0.480. The van der Waals surface area contributed by atoms with Gasteiger partial charge in [0.05, 0.1) is 6.54 Å². The zero-order valence-corrected chi connectivity index (χ0v) is 13.3. The molecule has 5 N–H and O–H groups in total. The molecule has 0 spiro atoms. The van der Waals surface area contributed by atoms with Gasteiger partial charge in [0.15, 0.2) is 22.7 Å². The topological polar surface area (TPSA) is 142 Å². The Bertz CT molecular complexity index is 1080. The highest BCUT2D eigenvalue weighted by molar-refractivity contribution is 5.86. The lowest BCUT2D eigenvalue weighted by Crippen LogP contribution is -2.05. The third kappa shape index (κ3) is 2.61. The van der Waals surface area contributed by atoms with Gasteiger partial charge in [0.1, 0.15) is 12.0 Å². The van der Waals surface area contributed by atoms with E-state index in [0.717, 1.165) is 16.8 Å². The van der Waals surface area contributed by atoms with Crippen molar-refractivity contribution in [3.63, 3.8) is 0 Å². The highest BCUT2D eigenvalue weighted by atomic mass is 16.4. The van der Waals surface area contributed by atoms with Crippen molar-refractivity contribution in [2.75, 3.05) is 11.5 Å². The van der Waals surface area contributed by atoms with Crippen molar-refractivity contribution in [2.45, 2.75) is 13.5 Å². The Labute approximate surface area is 141 Å². The van der Waals surface area contributed by atoms with Crippen LogP contribution in [0.5, 0.6) is 5.75 Å². The number of aromatic hydroxyl groups is 1. The molecule has 3 heterocycles. The van der Waals surface area contributed by atoms with Gasteiger partial charge in [0.2, 0.25) is 5.95 Å². The van der Waals surface area contributed by atoms with E-state index in [2.05, 4.69) is 20.3 Å². The molecule has 126 valence electrons. The summed E-state index contributed by atoms with van der Waals surface area (Å²) in [7, 11) is 0. The lowest BCUT2D eigenvalue weighted by Gasteiger charge is -2.06. The summed E-state index contributed by atoms with van der Waals surface area (Å²) in [6.45, 7) is 2.40. The molecule has 4 aromatic rings. The molecule has 3 aromatic heterocycles. The van der Waals surface area contributed by atoms with E-state index in [4.69, 9.17) is 15.9 Å². The molecule has 4 rings (SSSR count). The molecular weight excluding hydrogens is 322 g/mol. The smallest absolute Gasteiger partial charge is 0.222 e. The first-order chi connectivity index (χ1) is 12.0. The first kappa shape index (κ1) is 14.9. The zero-order valence-electron chi connectivity index (χ0n) is 13.3. The Morgan fingerprint density at radius 3 is 2.76 bits per heavy atom. The number of hydrogen-bond donors (Lipinski definition) is 3. The molecule has 0 saturated carbocycles. The van der Waals surface area contributed by atoms with Gasteiger partial charge in [-0.3, -0.25) is 0 Å². The van der Waals surface area contributed by atoms with E-state index >= 15 is 0 Å². The molecule has 25 heavy (non-hydrogen) atoms. The number of anilines is 2. The fourth-order valence-corrected chi connectivity index (χ4v) is 2.61. The van der Waals surface area contributed by atoms with E-state index in [0.29, 0.717) is 29.2 Å². The average Bonchev–Trinajstić information content (AvgIpc) is 3.17. The van der Waals surface area contributed by atoms with E-state index in [1.807, 2.05) is 25.1 Å². The Morgan fingerprint density at radius 2 is 2.04 bits per heavy atom. The predicted molar refractivity (Wildman–Crippen MR) is 91.6 cm³/mol. The van der Waals surface area contributed by atoms with Crippen LogP contribution >= 0.6 is 0 Å². The van der Waals surface area contributed by atoms with Crippen molar-refractivity contribution in [1.82, 2.24) is 25.0 Å². The monoisotopic (exact) mass is 337 g/mol. The second-order valence-corrected chi connectivity index (χ2v) is 5.71. The summed E-state index contributed by atoms with van der Waals surface area (Å²) in [4.78, 5) is 8.40. The van der Waals surface area contributed by atoms with Crippen molar-refractivity contribution < 1.29 is 9.52 Å². The number of nitrogens with zero attached hydrogens (tertiary/aromatic N) is 5. The van der Waals surface area contributed by atoms with Gasteiger partial charge in [-0.05, 0) is 24.1 Å². The normalized spacial score (nSPS) is 11.2. The second kappa shape index (κ2) is 5.48. The first-order valence-corrected chi connectivity index (χ1v) is 7.51. The SMILES string of the molecule is Cc1cc(Cn2nnc3c(-c4cc(O)co4)nc(N)nc32)ccc1N.